The van der Waals surface area contributed by atoms with E-state index in [1.807, 2.05) is 42.6 Å². The van der Waals surface area contributed by atoms with Crippen molar-refractivity contribution in [2.45, 2.75) is 13.3 Å². The van der Waals surface area contributed by atoms with Crippen molar-refractivity contribution >= 4 is 17.4 Å². The number of amides is 1. The van der Waals surface area contributed by atoms with Crippen LogP contribution in [0.25, 0.3) is 0 Å². The van der Waals surface area contributed by atoms with Crippen LogP contribution in [0.2, 0.25) is 0 Å². The third-order valence-electron chi connectivity index (χ3n) is 4.39. The Morgan fingerprint density at radius 1 is 1.15 bits per heavy atom. The summed E-state index contributed by atoms with van der Waals surface area (Å²) in [6, 6.07) is 13.6. The Bertz CT molecular complexity index is 700. The van der Waals surface area contributed by atoms with Gasteiger partial charge in [-0.1, -0.05) is 12.1 Å². The van der Waals surface area contributed by atoms with Gasteiger partial charge in [-0.15, -0.1) is 0 Å². The minimum absolute atomic E-state index is 0.0769. The SMILES string of the molecule is CC(=O)Nc1cccc(OCCCN2CCN(c3ccccn3)CC2)c1. The fourth-order valence-electron chi connectivity index (χ4n) is 3.09. The normalized spacial score (nSPS) is 14.9. The highest BCUT2D eigenvalue weighted by Gasteiger charge is 2.17. The largest absolute Gasteiger partial charge is 0.493 e. The summed E-state index contributed by atoms with van der Waals surface area (Å²) < 4.78 is 5.81. The van der Waals surface area contributed by atoms with Gasteiger partial charge in [-0.2, -0.15) is 0 Å². The van der Waals surface area contributed by atoms with Gasteiger partial charge >= 0.3 is 0 Å². The number of carbonyl (C=O) groups excluding carboxylic acids is 1. The van der Waals surface area contributed by atoms with Crippen LogP contribution < -0.4 is 15.0 Å². The van der Waals surface area contributed by atoms with Crippen LogP contribution in [-0.4, -0.2) is 55.1 Å². The summed E-state index contributed by atoms with van der Waals surface area (Å²) >= 11 is 0. The first-order valence-electron chi connectivity index (χ1n) is 9.09. The molecule has 6 nitrogen and oxygen atoms in total. The van der Waals surface area contributed by atoms with Crippen LogP contribution in [0.3, 0.4) is 0 Å². The lowest BCUT2D eigenvalue weighted by Gasteiger charge is -2.35. The Labute approximate surface area is 154 Å². The van der Waals surface area contributed by atoms with E-state index in [2.05, 4.69) is 26.2 Å². The molecule has 26 heavy (non-hydrogen) atoms. The van der Waals surface area contributed by atoms with Gasteiger partial charge < -0.3 is 15.0 Å². The van der Waals surface area contributed by atoms with E-state index in [9.17, 15) is 4.79 Å². The van der Waals surface area contributed by atoms with Gasteiger partial charge in [-0.25, -0.2) is 4.98 Å². The highest BCUT2D eigenvalue weighted by molar-refractivity contribution is 5.88. The van der Waals surface area contributed by atoms with Crippen LogP contribution in [0.4, 0.5) is 11.5 Å². The van der Waals surface area contributed by atoms with E-state index < -0.39 is 0 Å². The standard InChI is InChI=1S/C20H26N4O2/c1-17(25)22-18-6-4-7-19(16-18)26-15-5-10-23-11-13-24(14-12-23)20-8-2-3-9-21-20/h2-4,6-9,16H,5,10-15H2,1H3,(H,22,25). The molecule has 1 aliphatic heterocycles. The Balaban J connectivity index is 1.35. The van der Waals surface area contributed by atoms with Crippen molar-refractivity contribution in [2.24, 2.45) is 0 Å². The number of benzene rings is 1. The Morgan fingerprint density at radius 2 is 2.00 bits per heavy atom. The van der Waals surface area contributed by atoms with Crippen LogP contribution in [-0.2, 0) is 4.79 Å². The van der Waals surface area contributed by atoms with Crippen molar-refractivity contribution < 1.29 is 9.53 Å². The molecule has 1 aromatic heterocycles. The lowest BCUT2D eigenvalue weighted by atomic mass is 10.2. The number of pyridine rings is 1. The average molecular weight is 354 g/mol. The number of aromatic nitrogens is 1. The topological polar surface area (TPSA) is 57.7 Å². The number of hydrogen-bond donors (Lipinski definition) is 1. The van der Waals surface area contributed by atoms with Gasteiger partial charge in [0.05, 0.1) is 6.61 Å². The third kappa shape index (κ3) is 5.46. The molecular formula is C20H26N4O2. The maximum absolute atomic E-state index is 11.1. The molecule has 2 heterocycles. The van der Waals surface area contributed by atoms with Gasteiger partial charge in [-0.05, 0) is 30.7 Å². The molecule has 3 rings (SSSR count). The minimum atomic E-state index is -0.0769. The minimum Gasteiger partial charge on any atom is -0.493 e. The molecule has 0 aliphatic carbocycles. The maximum atomic E-state index is 11.1. The van der Waals surface area contributed by atoms with E-state index in [1.165, 1.54) is 6.92 Å². The fraction of sp³-hybridized carbons (Fsp3) is 0.400. The molecule has 1 fully saturated rings. The predicted molar refractivity (Wildman–Crippen MR) is 104 cm³/mol. The second-order valence-corrected chi connectivity index (χ2v) is 6.43. The zero-order chi connectivity index (χ0) is 18.2. The number of nitrogens with zero attached hydrogens (tertiary/aromatic N) is 3. The van der Waals surface area contributed by atoms with Gasteiger partial charge in [-0.3, -0.25) is 9.69 Å². The summed E-state index contributed by atoms with van der Waals surface area (Å²) in [5, 5.41) is 2.77. The summed E-state index contributed by atoms with van der Waals surface area (Å²) in [5.74, 6) is 1.78. The van der Waals surface area contributed by atoms with Gasteiger partial charge in [0.1, 0.15) is 11.6 Å². The molecule has 1 aromatic carbocycles. The number of hydrogen-bond acceptors (Lipinski definition) is 5. The molecule has 138 valence electrons. The quantitative estimate of drug-likeness (QED) is 0.775. The van der Waals surface area contributed by atoms with E-state index in [0.29, 0.717) is 6.61 Å². The summed E-state index contributed by atoms with van der Waals surface area (Å²) in [4.78, 5) is 20.3. The van der Waals surface area contributed by atoms with Crippen LogP contribution in [0.5, 0.6) is 5.75 Å². The van der Waals surface area contributed by atoms with Crippen molar-refractivity contribution in [3.05, 3.63) is 48.7 Å². The molecular weight excluding hydrogens is 328 g/mol. The van der Waals surface area contributed by atoms with E-state index >= 15 is 0 Å². The zero-order valence-corrected chi connectivity index (χ0v) is 15.2. The van der Waals surface area contributed by atoms with E-state index in [1.54, 1.807) is 0 Å². The molecule has 0 unspecified atom stereocenters. The highest BCUT2D eigenvalue weighted by atomic mass is 16.5. The number of ether oxygens (including phenoxy) is 1. The Morgan fingerprint density at radius 3 is 2.73 bits per heavy atom. The van der Waals surface area contributed by atoms with Gasteiger partial charge in [0.2, 0.25) is 5.91 Å². The fourth-order valence-corrected chi connectivity index (χ4v) is 3.09. The number of rotatable bonds is 7. The number of carbonyl (C=O) groups is 1. The monoisotopic (exact) mass is 354 g/mol. The van der Waals surface area contributed by atoms with E-state index in [-0.39, 0.29) is 5.91 Å². The first kappa shape index (κ1) is 18.2. The van der Waals surface area contributed by atoms with Gasteiger partial charge in [0.15, 0.2) is 0 Å². The molecule has 1 saturated heterocycles. The first-order valence-corrected chi connectivity index (χ1v) is 9.09. The highest BCUT2D eigenvalue weighted by Crippen LogP contribution is 2.17. The second kappa shape index (κ2) is 9.20. The van der Waals surface area contributed by atoms with Crippen LogP contribution in [0.15, 0.2) is 48.7 Å². The average Bonchev–Trinajstić information content (AvgIpc) is 2.66. The number of piperazine rings is 1. The summed E-state index contributed by atoms with van der Waals surface area (Å²) in [6.45, 7) is 7.32. The predicted octanol–water partition coefficient (Wildman–Crippen LogP) is 2.63. The number of nitrogens with one attached hydrogen (secondary N) is 1. The Hall–Kier alpha value is -2.60. The van der Waals surface area contributed by atoms with Crippen molar-refractivity contribution in [2.75, 3.05) is 49.5 Å². The molecule has 0 bridgehead atoms. The summed E-state index contributed by atoms with van der Waals surface area (Å²) in [5.41, 5.74) is 0.764. The molecule has 0 radical (unpaired) electrons. The van der Waals surface area contributed by atoms with Gasteiger partial charge in [0, 0.05) is 57.6 Å². The van der Waals surface area contributed by atoms with Crippen LogP contribution in [0.1, 0.15) is 13.3 Å². The second-order valence-electron chi connectivity index (χ2n) is 6.43. The van der Waals surface area contributed by atoms with Crippen molar-refractivity contribution in [3.8, 4) is 5.75 Å². The van der Waals surface area contributed by atoms with E-state index in [4.69, 9.17) is 4.74 Å². The molecule has 1 aliphatic rings. The molecule has 0 saturated carbocycles. The Kier molecular flexibility index (Phi) is 6.44. The smallest absolute Gasteiger partial charge is 0.221 e. The molecule has 0 atom stereocenters. The third-order valence-corrected chi connectivity index (χ3v) is 4.39. The molecule has 1 amide bonds. The van der Waals surface area contributed by atoms with Gasteiger partial charge in [0.25, 0.3) is 0 Å². The van der Waals surface area contributed by atoms with Crippen molar-refractivity contribution in [1.82, 2.24) is 9.88 Å². The van der Waals surface area contributed by atoms with Crippen molar-refractivity contribution in [1.29, 1.82) is 0 Å². The zero-order valence-electron chi connectivity index (χ0n) is 15.2. The van der Waals surface area contributed by atoms with Crippen LogP contribution in [0, 0.1) is 0 Å². The molecule has 0 spiro atoms. The lowest BCUT2D eigenvalue weighted by Crippen LogP contribution is -2.47. The molecule has 2 aromatic rings. The summed E-state index contributed by atoms with van der Waals surface area (Å²) in [7, 11) is 0. The summed E-state index contributed by atoms with van der Waals surface area (Å²) in [6.07, 6.45) is 2.83. The molecule has 1 N–H and O–H groups in total. The van der Waals surface area contributed by atoms with Crippen LogP contribution >= 0.6 is 0 Å². The van der Waals surface area contributed by atoms with E-state index in [0.717, 1.165) is 56.4 Å². The molecule has 6 heteroatoms. The lowest BCUT2D eigenvalue weighted by molar-refractivity contribution is -0.114. The maximum Gasteiger partial charge on any atom is 0.221 e. The van der Waals surface area contributed by atoms with Crippen molar-refractivity contribution in [3.63, 3.8) is 0 Å². The number of anilines is 2. The first-order chi connectivity index (χ1) is 12.7.